The molecule has 2 aliphatic heterocycles. The van der Waals surface area contributed by atoms with Gasteiger partial charge in [-0.3, -0.25) is 19.7 Å². The number of amides is 3. The number of ether oxygens (including phenoxy) is 1. The number of Topliss-reactive ketones (excluding diaryl/α,β-unsaturated/α-hetero) is 1. The number of benzene rings is 3. The summed E-state index contributed by atoms with van der Waals surface area (Å²) in [6, 6.07) is 24.6. The SMILES string of the molecule is NC(=O)C1CCN(CCC(=O)Nc2cccc(C(=O)CNCCN3CCC(OC(=O)Nc4ccccc4-c4ccccc4)CC3)c2)CC1. The molecule has 3 aromatic rings. The lowest BCUT2D eigenvalue weighted by molar-refractivity contribution is -0.123. The summed E-state index contributed by atoms with van der Waals surface area (Å²) in [7, 11) is 0. The second kappa shape index (κ2) is 17.5. The van der Waals surface area contributed by atoms with Crippen molar-refractivity contribution in [2.45, 2.75) is 38.2 Å². The lowest BCUT2D eigenvalue weighted by Gasteiger charge is -2.31. The van der Waals surface area contributed by atoms with Gasteiger partial charge in [-0.2, -0.15) is 0 Å². The van der Waals surface area contributed by atoms with Crippen LogP contribution in [0.2, 0.25) is 0 Å². The zero-order valence-corrected chi connectivity index (χ0v) is 27.4. The Balaban J connectivity index is 0.957. The van der Waals surface area contributed by atoms with Crippen LogP contribution in [0.3, 0.4) is 0 Å². The van der Waals surface area contributed by atoms with E-state index >= 15 is 0 Å². The highest BCUT2D eigenvalue weighted by atomic mass is 16.6. The molecule has 0 unspecified atom stereocenters. The minimum atomic E-state index is -0.445. The van der Waals surface area contributed by atoms with E-state index < -0.39 is 6.09 Å². The molecule has 0 aliphatic carbocycles. The van der Waals surface area contributed by atoms with Gasteiger partial charge in [0.15, 0.2) is 5.78 Å². The number of likely N-dealkylation sites (tertiary alicyclic amines) is 2. The third-order valence-electron chi connectivity index (χ3n) is 9.06. The number of nitrogens with zero attached hydrogens (tertiary/aromatic N) is 2. The minimum Gasteiger partial charge on any atom is -0.446 e. The van der Waals surface area contributed by atoms with Crippen LogP contribution in [0.25, 0.3) is 11.1 Å². The number of ketones is 1. The summed E-state index contributed by atoms with van der Waals surface area (Å²) < 4.78 is 5.75. The van der Waals surface area contributed by atoms with Crippen LogP contribution in [-0.2, 0) is 14.3 Å². The number of rotatable bonds is 14. The fourth-order valence-corrected chi connectivity index (χ4v) is 6.24. The number of nitrogens with two attached hydrogens (primary N) is 1. The minimum absolute atomic E-state index is 0.0459. The van der Waals surface area contributed by atoms with Crippen LogP contribution in [0, 0.1) is 5.92 Å². The Bertz CT molecular complexity index is 1530. The summed E-state index contributed by atoms with van der Waals surface area (Å²) in [5, 5.41) is 9.05. The summed E-state index contributed by atoms with van der Waals surface area (Å²) >= 11 is 0. The molecule has 3 aromatic carbocycles. The molecular weight excluding hydrogens is 608 g/mol. The van der Waals surface area contributed by atoms with Crippen LogP contribution in [0.5, 0.6) is 0 Å². The van der Waals surface area contributed by atoms with Crippen molar-refractivity contribution in [3.8, 4) is 11.1 Å². The van der Waals surface area contributed by atoms with Gasteiger partial charge in [0.25, 0.3) is 0 Å². The number of hydrogen-bond acceptors (Lipinski definition) is 8. The molecule has 11 nitrogen and oxygen atoms in total. The Morgan fingerprint density at radius 1 is 0.771 bits per heavy atom. The molecule has 0 radical (unpaired) electrons. The maximum Gasteiger partial charge on any atom is 0.411 e. The highest BCUT2D eigenvalue weighted by molar-refractivity contribution is 5.99. The molecule has 0 aromatic heterocycles. The average molecular weight is 655 g/mol. The first-order valence-electron chi connectivity index (χ1n) is 16.8. The third kappa shape index (κ3) is 10.5. The number of piperidine rings is 2. The molecule has 2 fully saturated rings. The first kappa shape index (κ1) is 34.7. The van der Waals surface area contributed by atoms with Crippen LogP contribution in [-0.4, -0.2) is 92.0 Å². The van der Waals surface area contributed by atoms with Gasteiger partial charge in [0.05, 0.1) is 12.2 Å². The van der Waals surface area contributed by atoms with E-state index in [4.69, 9.17) is 10.5 Å². The number of nitrogens with one attached hydrogen (secondary N) is 3. The van der Waals surface area contributed by atoms with Crippen LogP contribution in [0.1, 0.15) is 42.5 Å². The smallest absolute Gasteiger partial charge is 0.411 e. The van der Waals surface area contributed by atoms with Crippen molar-refractivity contribution in [3.63, 3.8) is 0 Å². The van der Waals surface area contributed by atoms with Gasteiger partial charge in [0.1, 0.15) is 6.10 Å². The molecule has 2 saturated heterocycles. The van der Waals surface area contributed by atoms with Crippen LogP contribution in [0.4, 0.5) is 16.2 Å². The van der Waals surface area contributed by atoms with Crippen molar-refractivity contribution in [2.24, 2.45) is 11.7 Å². The predicted molar refractivity (Wildman–Crippen MR) is 187 cm³/mol. The molecule has 0 spiro atoms. The maximum atomic E-state index is 12.8. The van der Waals surface area contributed by atoms with Gasteiger partial charge < -0.3 is 30.9 Å². The van der Waals surface area contributed by atoms with E-state index in [0.717, 1.165) is 75.2 Å². The van der Waals surface area contributed by atoms with Gasteiger partial charge in [-0.1, -0.05) is 60.7 Å². The molecule has 2 aliphatic rings. The fraction of sp³-hybridized carbons (Fsp3) is 0.405. The molecule has 11 heteroatoms. The van der Waals surface area contributed by atoms with Gasteiger partial charge in [-0.05, 0) is 62.5 Å². The highest BCUT2D eigenvalue weighted by Gasteiger charge is 2.24. The van der Waals surface area contributed by atoms with Crippen LogP contribution >= 0.6 is 0 Å². The number of para-hydroxylation sites is 1. The number of hydrogen-bond donors (Lipinski definition) is 4. The van der Waals surface area contributed by atoms with Crippen LogP contribution in [0.15, 0.2) is 78.9 Å². The average Bonchev–Trinajstić information content (AvgIpc) is 3.10. The van der Waals surface area contributed by atoms with Gasteiger partial charge in [-0.25, -0.2) is 4.79 Å². The van der Waals surface area contributed by atoms with E-state index in [1.54, 1.807) is 24.3 Å². The largest absolute Gasteiger partial charge is 0.446 e. The summed E-state index contributed by atoms with van der Waals surface area (Å²) in [6.45, 7) is 5.38. The van der Waals surface area contributed by atoms with E-state index in [9.17, 15) is 19.2 Å². The Hall–Kier alpha value is -4.58. The fourth-order valence-electron chi connectivity index (χ4n) is 6.24. The predicted octanol–water partition coefficient (Wildman–Crippen LogP) is 4.36. The highest BCUT2D eigenvalue weighted by Crippen LogP contribution is 2.28. The normalized spacial score (nSPS) is 16.2. The number of carbonyl (C=O) groups is 4. The quantitative estimate of drug-likeness (QED) is 0.148. The zero-order valence-electron chi connectivity index (χ0n) is 27.4. The van der Waals surface area contributed by atoms with Gasteiger partial charge >= 0.3 is 6.09 Å². The van der Waals surface area contributed by atoms with Gasteiger partial charge in [0, 0.05) is 61.9 Å². The molecule has 5 rings (SSSR count). The lowest BCUT2D eigenvalue weighted by atomic mass is 9.96. The van der Waals surface area contributed by atoms with Crippen molar-refractivity contribution in [2.75, 3.05) is 63.0 Å². The van der Waals surface area contributed by atoms with E-state index in [-0.39, 0.29) is 36.2 Å². The lowest BCUT2D eigenvalue weighted by Crippen LogP contribution is -2.42. The Labute approximate surface area is 282 Å². The molecule has 254 valence electrons. The third-order valence-corrected chi connectivity index (χ3v) is 9.06. The molecule has 5 N–H and O–H groups in total. The standard InChI is InChI=1S/C37H46N6O5/c38-36(46)28-13-19-42(20-14-28)23-17-35(45)40-30-10-6-9-29(25-30)34(44)26-39-18-24-43-21-15-31(16-22-43)48-37(47)41-33-12-5-4-11-32(33)27-7-2-1-3-8-27/h1-12,25,28,31,39H,13-24,26H2,(H2,38,46)(H,40,45)(H,41,47). The number of anilines is 2. The Morgan fingerprint density at radius 3 is 2.21 bits per heavy atom. The number of primary amides is 1. The molecular formula is C37H46N6O5. The van der Waals surface area contributed by atoms with E-state index in [0.29, 0.717) is 30.8 Å². The molecule has 0 saturated carbocycles. The van der Waals surface area contributed by atoms with Crippen molar-refractivity contribution < 1.29 is 23.9 Å². The van der Waals surface area contributed by atoms with Gasteiger partial charge in [-0.15, -0.1) is 0 Å². The second-order valence-corrected chi connectivity index (χ2v) is 12.5. The van der Waals surface area contributed by atoms with Gasteiger partial charge in [0.2, 0.25) is 11.8 Å². The topological polar surface area (TPSA) is 146 Å². The molecule has 0 bridgehead atoms. The Kier molecular flexibility index (Phi) is 12.7. The molecule has 48 heavy (non-hydrogen) atoms. The van der Waals surface area contributed by atoms with Crippen molar-refractivity contribution in [1.29, 1.82) is 0 Å². The number of carbonyl (C=O) groups excluding carboxylic acids is 4. The summed E-state index contributed by atoms with van der Waals surface area (Å²) in [5.74, 6) is -0.475. The second-order valence-electron chi connectivity index (χ2n) is 12.5. The summed E-state index contributed by atoms with van der Waals surface area (Å²) in [6.07, 6.45) is 2.70. The van der Waals surface area contributed by atoms with E-state index in [2.05, 4.69) is 25.8 Å². The van der Waals surface area contributed by atoms with Crippen molar-refractivity contribution in [3.05, 3.63) is 84.4 Å². The first-order valence-corrected chi connectivity index (χ1v) is 16.8. The first-order chi connectivity index (χ1) is 23.3. The molecule has 3 amide bonds. The summed E-state index contributed by atoms with van der Waals surface area (Å²) in [5.41, 5.74) is 9.22. The molecule has 2 heterocycles. The van der Waals surface area contributed by atoms with Crippen molar-refractivity contribution >= 4 is 35.1 Å². The van der Waals surface area contributed by atoms with Crippen molar-refractivity contribution in [1.82, 2.24) is 15.1 Å². The van der Waals surface area contributed by atoms with E-state index in [1.807, 2.05) is 54.6 Å². The Morgan fingerprint density at radius 2 is 1.46 bits per heavy atom. The van der Waals surface area contributed by atoms with Crippen LogP contribution < -0.4 is 21.7 Å². The molecule has 0 atom stereocenters. The monoisotopic (exact) mass is 654 g/mol. The maximum absolute atomic E-state index is 12.8. The van der Waals surface area contributed by atoms with E-state index in [1.165, 1.54) is 0 Å². The zero-order chi connectivity index (χ0) is 33.7. The summed E-state index contributed by atoms with van der Waals surface area (Å²) in [4.78, 5) is 53.9.